The van der Waals surface area contributed by atoms with Gasteiger partial charge in [-0.05, 0) is 43.6 Å². The maximum Gasteiger partial charge on any atom is 0.221 e. The van der Waals surface area contributed by atoms with Crippen LogP contribution < -0.4 is 16.4 Å². The number of amides is 1. The second-order valence-corrected chi connectivity index (χ2v) is 5.91. The van der Waals surface area contributed by atoms with E-state index in [4.69, 9.17) is 5.73 Å². The third-order valence-electron chi connectivity index (χ3n) is 3.40. The summed E-state index contributed by atoms with van der Waals surface area (Å²) in [6.45, 7) is 4.70. The van der Waals surface area contributed by atoms with Crippen molar-refractivity contribution in [1.29, 1.82) is 0 Å². The largest absolute Gasteiger partial charge is 0.383 e. The molecule has 0 aliphatic heterocycles. The van der Waals surface area contributed by atoms with Crippen molar-refractivity contribution in [1.82, 2.24) is 9.69 Å². The van der Waals surface area contributed by atoms with Gasteiger partial charge in [0.1, 0.15) is 10.8 Å². The van der Waals surface area contributed by atoms with E-state index in [-0.39, 0.29) is 11.9 Å². The molecule has 0 saturated heterocycles. The Bertz CT molecular complexity index is 442. The first kappa shape index (κ1) is 14.1. The van der Waals surface area contributed by atoms with E-state index >= 15 is 0 Å². The Balaban J connectivity index is 1.78. The summed E-state index contributed by atoms with van der Waals surface area (Å²) in [5.74, 6) is 1.32. The Morgan fingerprint density at radius 3 is 2.95 bits per heavy atom. The molecular weight excluding hydrogens is 260 g/mol. The summed E-state index contributed by atoms with van der Waals surface area (Å²) in [6, 6.07) is 0.244. The fourth-order valence-electron chi connectivity index (χ4n) is 1.94. The van der Waals surface area contributed by atoms with Gasteiger partial charge in [-0.15, -0.1) is 0 Å². The topological polar surface area (TPSA) is 80.0 Å². The van der Waals surface area contributed by atoms with E-state index in [2.05, 4.69) is 21.9 Å². The maximum atomic E-state index is 11.7. The van der Waals surface area contributed by atoms with E-state index < -0.39 is 0 Å². The minimum atomic E-state index is 0.0901. The molecule has 19 heavy (non-hydrogen) atoms. The Kier molecular flexibility index (Phi) is 4.63. The molecule has 0 spiro atoms. The van der Waals surface area contributed by atoms with Crippen molar-refractivity contribution in [2.24, 2.45) is 0 Å². The van der Waals surface area contributed by atoms with E-state index in [0.717, 1.165) is 17.0 Å². The molecule has 2 rings (SSSR count). The van der Waals surface area contributed by atoms with Gasteiger partial charge in [0.2, 0.25) is 5.91 Å². The number of nitrogens with one attached hydrogen (secondary N) is 2. The van der Waals surface area contributed by atoms with Crippen LogP contribution in [0.2, 0.25) is 0 Å². The van der Waals surface area contributed by atoms with Gasteiger partial charge >= 0.3 is 0 Å². The van der Waals surface area contributed by atoms with Gasteiger partial charge in [-0.2, -0.15) is 4.37 Å². The van der Waals surface area contributed by atoms with Crippen LogP contribution >= 0.6 is 11.5 Å². The zero-order valence-corrected chi connectivity index (χ0v) is 12.3. The van der Waals surface area contributed by atoms with Crippen molar-refractivity contribution < 1.29 is 4.79 Å². The molecule has 106 valence electrons. The van der Waals surface area contributed by atoms with Gasteiger partial charge in [0.15, 0.2) is 0 Å². The molecule has 0 bridgehead atoms. The van der Waals surface area contributed by atoms with Crippen molar-refractivity contribution in [2.75, 3.05) is 17.6 Å². The van der Waals surface area contributed by atoms with Crippen LogP contribution in [-0.4, -0.2) is 22.9 Å². The Morgan fingerprint density at radius 2 is 2.32 bits per heavy atom. The Hall–Kier alpha value is -1.30. The third-order valence-corrected chi connectivity index (χ3v) is 4.23. The number of hydrogen-bond donors (Lipinski definition) is 3. The minimum absolute atomic E-state index is 0.0901. The number of nitrogens with zero attached hydrogens (tertiary/aromatic N) is 1. The highest BCUT2D eigenvalue weighted by Crippen LogP contribution is 2.47. The molecule has 1 aromatic rings. The summed E-state index contributed by atoms with van der Waals surface area (Å²) in [5, 5.41) is 7.29. The molecule has 1 unspecified atom stereocenters. The first-order valence-corrected chi connectivity index (χ1v) is 7.67. The molecule has 1 atom stereocenters. The molecular formula is C13H22N4OS. The predicted octanol–water partition coefficient (Wildman–Crippen LogP) is 2.32. The summed E-state index contributed by atoms with van der Waals surface area (Å²) in [5.41, 5.74) is 7.04. The van der Waals surface area contributed by atoms with Crippen LogP contribution in [0.4, 0.5) is 10.8 Å². The molecule has 1 saturated carbocycles. The number of aromatic nitrogens is 1. The molecule has 1 heterocycles. The average molecular weight is 282 g/mol. The molecule has 4 N–H and O–H groups in total. The lowest BCUT2D eigenvalue weighted by molar-refractivity contribution is -0.121. The van der Waals surface area contributed by atoms with E-state index in [0.29, 0.717) is 24.7 Å². The zero-order chi connectivity index (χ0) is 13.8. The highest BCUT2D eigenvalue weighted by atomic mass is 32.1. The van der Waals surface area contributed by atoms with Crippen LogP contribution in [0, 0.1) is 0 Å². The monoisotopic (exact) mass is 282 g/mol. The molecule has 1 aliphatic rings. The Labute approximate surface area is 118 Å². The molecule has 1 aromatic heterocycles. The third kappa shape index (κ3) is 3.83. The van der Waals surface area contributed by atoms with Crippen LogP contribution in [0.1, 0.15) is 51.0 Å². The van der Waals surface area contributed by atoms with Gasteiger partial charge in [0.25, 0.3) is 0 Å². The fourth-order valence-corrected chi connectivity index (χ4v) is 2.77. The molecule has 6 heteroatoms. The van der Waals surface area contributed by atoms with Crippen LogP contribution in [0.5, 0.6) is 0 Å². The van der Waals surface area contributed by atoms with Gasteiger partial charge in [-0.25, -0.2) is 0 Å². The van der Waals surface area contributed by atoms with Crippen LogP contribution in [0.3, 0.4) is 0 Å². The summed E-state index contributed by atoms with van der Waals surface area (Å²) >= 11 is 1.40. The number of hydrogen-bond acceptors (Lipinski definition) is 5. The summed E-state index contributed by atoms with van der Waals surface area (Å²) in [4.78, 5) is 11.7. The van der Waals surface area contributed by atoms with Crippen LogP contribution in [0.25, 0.3) is 0 Å². The lowest BCUT2D eigenvalue weighted by atomic mass is 10.2. The average Bonchev–Trinajstić information content (AvgIpc) is 3.14. The number of nitrogen functional groups attached to an aromatic ring is 1. The van der Waals surface area contributed by atoms with Gasteiger partial charge in [0, 0.05) is 24.6 Å². The standard InChI is InChI=1S/C13H22N4OS/c1-3-8(2)16-10(18)6-7-15-13-11(9-4-5-9)12(14)17-19-13/h8-9,15H,3-7H2,1-2H3,(H2,14,17)(H,16,18). The zero-order valence-electron chi connectivity index (χ0n) is 11.5. The summed E-state index contributed by atoms with van der Waals surface area (Å²) < 4.78 is 4.19. The van der Waals surface area contributed by atoms with Crippen LogP contribution in [0.15, 0.2) is 0 Å². The number of carbonyl (C=O) groups is 1. The quantitative estimate of drug-likeness (QED) is 0.717. The smallest absolute Gasteiger partial charge is 0.221 e. The maximum absolute atomic E-state index is 11.7. The SMILES string of the molecule is CCC(C)NC(=O)CCNc1snc(N)c1C1CC1. The minimum Gasteiger partial charge on any atom is -0.383 e. The van der Waals surface area contributed by atoms with Gasteiger partial charge in [-0.3, -0.25) is 4.79 Å². The molecule has 0 aromatic carbocycles. The van der Waals surface area contributed by atoms with E-state index in [1.807, 2.05) is 6.92 Å². The van der Waals surface area contributed by atoms with E-state index in [9.17, 15) is 4.79 Å². The van der Waals surface area contributed by atoms with Gasteiger partial charge in [0.05, 0.1) is 0 Å². The van der Waals surface area contributed by atoms with Crippen molar-refractivity contribution in [3.8, 4) is 0 Å². The van der Waals surface area contributed by atoms with Crippen molar-refractivity contribution in [3.63, 3.8) is 0 Å². The fraction of sp³-hybridized carbons (Fsp3) is 0.692. The van der Waals surface area contributed by atoms with Gasteiger partial charge in [-0.1, -0.05) is 6.92 Å². The lowest BCUT2D eigenvalue weighted by Crippen LogP contribution is -2.32. The number of rotatable bonds is 7. The number of anilines is 2. The van der Waals surface area contributed by atoms with E-state index in [1.54, 1.807) is 0 Å². The van der Waals surface area contributed by atoms with Gasteiger partial charge < -0.3 is 16.4 Å². The molecule has 1 aliphatic carbocycles. The molecule has 1 fully saturated rings. The highest BCUT2D eigenvalue weighted by molar-refractivity contribution is 7.10. The predicted molar refractivity (Wildman–Crippen MR) is 79.5 cm³/mol. The summed E-state index contributed by atoms with van der Waals surface area (Å²) in [7, 11) is 0. The number of nitrogens with two attached hydrogens (primary N) is 1. The normalized spacial score (nSPS) is 16.1. The highest BCUT2D eigenvalue weighted by Gasteiger charge is 2.30. The van der Waals surface area contributed by atoms with Crippen molar-refractivity contribution >= 4 is 28.3 Å². The molecule has 1 amide bonds. The van der Waals surface area contributed by atoms with E-state index in [1.165, 1.54) is 24.4 Å². The number of carbonyl (C=O) groups excluding carboxylic acids is 1. The molecule has 5 nitrogen and oxygen atoms in total. The summed E-state index contributed by atoms with van der Waals surface area (Å²) in [6.07, 6.45) is 3.83. The second kappa shape index (κ2) is 6.23. The van der Waals surface area contributed by atoms with Crippen molar-refractivity contribution in [3.05, 3.63) is 5.56 Å². The lowest BCUT2D eigenvalue weighted by Gasteiger charge is -2.11. The first-order valence-electron chi connectivity index (χ1n) is 6.90. The molecule has 0 radical (unpaired) electrons. The van der Waals surface area contributed by atoms with Crippen molar-refractivity contribution in [2.45, 2.75) is 51.5 Å². The van der Waals surface area contributed by atoms with Crippen LogP contribution in [-0.2, 0) is 4.79 Å². The Morgan fingerprint density at radius 1 is 1.58 bits per heavy atom. The second-order valence-electron chi connectivity index (χ2n) is 5.14. The first-order chi connectivity index (χ1) is 9.11.